The van der Waals surface area contributed by atoms with Crippen molar-refractivity contribution in [2.24, 2.45) is 28.6 Å². The van der Waals surface area contributed by atoms with E-state index in [0.717, 1.165) is 37.7 Å². The van der Waals surface area contributed by atoms with E-state index in [1.165, 1.54) is 7.11 Å². The van der Waals surface area contributed by atoms with Gasteiger partial charge in [0.2, 0.25) is 0 Å². The topological polar surface area (TPSA) is 82.2 Å². The second kappa shape index (κ2) is 5.56. The van der Waals surface area contributed by atoms with E-state index in [9.17, 15) is 14.4 Å². The van der Waals surface area contributed by atoms with Crippen LogP contribution >= 0.6 is 0 Å². The number of esters is 2. The molecule has 2 spiro atoms. The summed E-state index contributed by atoms with van der Waals surface area (Å²) in [7, 11) is 1.45. The minimum Gasteiger partial charge on any atom is -0.469 e. The van der Waals surface area contributed by atoms with Gasteiger partial charge in [-0.05, 0) is 50.5 Å². The van der Waals surface area contributed by atoms with Gasteiger partial charge in [0.1, 0.15) is 11.2 Å². The fourth-order valence-electron chi connectivity index (χ4n) is 8.69. The molecule has 3 saturated carbocycles. The number of rotatable bonds is 1. The highest BCUT2D eigenvalue weighted by Crippen LogP contribution is 2.78. The molecule has 0 bridgehead atoms. The number of fused-ring (bicyclic) bond motifs is 4. The molecule has 6 nitrogen and oxygen atoms in total. The van der Waals surface area contributed by atoms with Gasteiger partial charge in [-0.1, -0.05) is 19.4 Å². The minimum absolute atomic E-state index is 0.0303. The first kappa shape index (κ1) is 19.0. The van der Waals surface area contributed by atoms with Crippen molar-refractivity contribution in [1.82, 2.24) is 0 Å². The van der Waals surface area contributed by atoms with Crippen molar-refractivity contribution < 1.29 is 28.6 Å². The number of methoxy groups -OCH3 is 1. The molecular weight excluding hydrogens is 384 g/mol. The monoisotopic (exact) mass is 414 g/mol. The number of ketones is 1. The lowest BCUT2D eigenvalue weighted by atomic mass is 9.43. The third-order valence-electron chi connectivity index (χ3n) is 10.2. The summed E-state index contributed by atoms with van der Waals surface area (Å²) in [5, 5.41) is 0. The van der Waals surface area contributed by atoms with Gasteiger partial charge in [0.05, 0.1) is 19.1 Å². The number of hydrogen-bond acceptors (Lipinski definition) is 6. The highest BCUT2D eigenvalue weighted by Gasteiger charge is 2.83. The van der Waals surface area contributed by atoms with Crippen LogP contribution in [0.5, 0.6) is 0 Å². The number of epoxide rings is 1. The van der Waals surface area contributed by atoms with Crippen LogP contribution in [0.3, 0.4) is 0 Å². The van der Waals surface area contributed by atoms with Gasteiger partial charge < -0.3 is 14.2 Å². The second-order valence-electron chi connectivity index (χ2n) is 11.0. The Labute approximate surface area is 176 Å². The van der Waals surface area contributed by atoms with Crippen molar-refractivity contribution >= 4 is 17.7 Å². The van der Waals surface area contributed by atoms with Gasteiger partial charge in [-0.15, -0.1) is 0 Å². The highest BCUT2D eigenvalue weighted by atomic mass is 16.6. The zero-order valence-corrected chi connectivity index (χ0v) is 18.0. The molecule has 2 saturated heterocycles. The van der Waals surface area contributed by atoms with E-state index in [4.69, 9.17) is 14.2 Å². The van der Waals surface area contributed by atoms with Crippen molar-refractivity contribution in [3.05, 3.63) is 11.6 Å². The van der Waals surface area contributed by atoms with Crippen LogP contribution in [0.1, 0.15) is 65.2 Å². The Morgan fingerprint density at radius 3 is 2.67 bits per heavy atom. The van der Waals surface area contributed by atoms with Crippen molar-refractivity contribution in [3.8, 4) is 0 Å². The molecule has 4 aliphatic carbocycles. The standard InChI is InChI=1S/C24H30O6/c1-21-7-4-14(25)10-13(21)11-15(20(27)28-3)19-16-5-8-23(9-6-18(26)30-23)22(16,2)12-17-24(19,21)29-17/h10,15-17,19H,4-9,11-12H2,1-3H3/t15-,16?,17?,19+,21+,22+,23-,24?/m1/s1. The molecule has 5 fully saturated rings. The molecule has 8 atom stereocenters. The van der Waals surface area contributed by atoms with E-state index in [2.05, 4.69) is 13.8 Å². The van der Waals surface area contributed by atoms with E-state index in [-0.39, 0.29) is 52.4 Å². The molecule has 6 heteroatoms. The van der Waals surface area contributed by atoms with E-state index in [1.807, 2.05) is 0 Å². The zero-order valence-electron chi connectivity index (χ0n) is 18.0. The van der Waals surface area contributed by atoms with Gasteiger partial charge in [-0.3, -0.25) is 14.4 Å². The van der Waals surface area contributed by atoms with Crippen LogP contribution in [0.4, 0.5) is 0 Å². The predicted molar refractivity (Wildman–Crippen MR) is 105 cm³/mol. The molecule has 6 aliphatic rings. The lowest BCUT2D eigenvalue weighted by Crippen LogP contribution is -2.63. The molecule has 0 N–H and O–H groups in total. The first-order chi connectivity index (χ1) is 14.2. The fraction of sp³-hybridized carbons (Fsp3) is 0.792. The Hall–Kier alpha value is -1.69. The molecule has 3 unspecified atom stereocenters. The van der Waals surface area contributed by atoms with E-state index < -0.39 is 11.2 Å². The summed E-state index contributed by atoms with van der Waals surface area (Å²) in [5.74, 6) is -0.201. The van der Waals surface area contributed by atoms with Gasteiger partial charge in [-0.2, -0.15) is 0 Å². The smallest absolute Gasteiger partial charge is 0.309 e. The molecule has 0 aromatic rings. The highest BCUT2D eigenvalue weighted by molar-refractivity contribution is 5.92. The number of carbonyl (C=O) groups excluding carboxylic acids is 3. The summed E-state index contributed by atoms with van der Waals surface area (Å²) in [6, 6.07) is 0. The predicted octanol–water partition coefficient (Wildman–Crippen LogP) is 3.12. The Kier molecular flexibility index (Phi) is 3.53. The molecule has 0 aromatic carbocycles. The molecule has 0 aromatic heterocycles. The second-order valence-corrected chi connectivity index (χ2v) is 11.0. The van der Waals surface area contributed by atoms with Crippen molar-refractivity contribution in [2.75, 3.05) is 7.11 Å². The van der Waals surface area contributed by atoms with Crippen LogP contribution in [0.15, 0.2) is 11.6 Å². The Balaban J connectivity index is 1.49. The molecule has 30 heavy (non-hydrogen) atoms. The summed E-state index contributed by atoms with van der Waals surface area (Å²) in [6.45, 7) is 4.51. The first-order valence-electron chi connectivity index (χ1n) is 11.4. The summed E-state index contributed by atoms with van der Waals surface area (Å²) < 4.78 is 17.9. The molecule has 2 aliphatic heterocycles. The minimum atomic E-state index is -0.424. The summed E-state index contributed by atoms with van der Waals surface area (Å²) in [5.41, 5.74) is -0.175. The van der Waals surface area contributed by atoms with E-state index in [0.29, 0.717) is 19.3 Å². The molecular formula is C24H30O6. The van der Waals surface area contributed by atoms with Gasteiger partial charge >= 0.3 is 11.9 Å². The van der Waals surface area contributed by atoms with Gasteiger partial charge in [-0.25, -0.2) is 0 Å². The average molecular weight is 414 g/mol. The zero-order chi connectivity index (χ0) is 21.1. The number of ether oxygens (including phenoxy) is 3. The maximum absolute atomic E-state index is 13.0. The maximum Gasteiger partial charge on any atom is 0.309 e. The quantitative estimate of drug-likeness (QED) is 0.484. The van der Waals surface area contributed by atoms with E-state index >= 15 is 0 Å². The van der Waals surface area contributed by atoms with Crippen LogP contribution in [0.2, 0.25) is 0 Å². The molecule has 0 radical (unpaired) electrons. The van der Waals surface area contributed by atoms with Crippen LogP contribution in [-0.4, -0.2) is 42.1 Å². The molecule has 6 rings (SSSR count). The Bertz CT molecular complexity index is 907. The largest absolute Gasteiger partial charge is 0.469 e. The lowest BCUT2D eigenvalue weighted by molar-refractivity contribution is -0.172. The van der Waals surface area contributed by atoms with Gasteiger partial charge in [0, 0.05) is 29.6 Å². The first-order valence-corrected chi connectivity index (χ1v) is 11.4. The SMILES string of the molecule is COC(=O)[C@@H]1CC2=CC(=O)CC[C@]2(C)C23OC2C[C@@]2(C)C(CC[C@@]24CCC(=O)O4)[C@H]13. The average Bonchev–Trinajstić information content (AvgIpc) is 3.20. The van der Waals surface area contributed by atoms with Crippen molar-refractivity contribution in [1.29, 1.82) is 0 Å². The fourth-order valence-corrected chi connectivity index (χ4v) is 8.69. The Morgan fingerprint density at radius 1 is 1.17 bits per heavy atom. The van der Waals surface area contributed by atoms with Crippen molar-refractivity contribution in [2.45, 2.75) is 82.5 Å². The summed E-state index contributed by atoms with van der Waals surface area (Å²) >= 11 is 0. The normalized spacial score (nSPS) is 53.2. The van der Waals surface area contributed by atoms with Crippen LogP contribution in [0, 0.1) is 28.6 Å². The van der Waals surface area contributed by atoms with Crippen LogP contribution in [-0.2, 0) is 28.6 Å². The van der Waals surface area contributed by atoms with Crippen LogP contribution in [0.25, 0.3) is 0 Å². The van der Waals surface area contributed by atoms with E-state index in [1.54, 1.807) is 6.08 Å². The summed E-state index contributed by atoms with van der Waals surface area (Å²) in [4.78, 5) is 37.4. The van der Waals surface area contributed by atoms with Crippen LogP contribution < -0.4 is 0 Å². The maximum atomic E-state index is 13.0. The van der Waals surface area contributed by atoms with Crippen molar-refractivity contribution in [3.63, 3.8) is 0 Å². The molecule has 0 amide bonds. The summed E-state index contributed by atoms with van der Waals surface area (Å²) in [6.07, 6.45) is 7.61. The molecule has 162 valence electrons. The third kappa shape index (κ3) is 1.94. The Morgan fingerprint density at radius 2 is 1.97 bits per heavy atom. The number of carbonyl (C=O) groups is 3. The molecule has 2 heterocycles. The van der Waals surface area contributed by atoms with Gasteiger partial charge in [0.25, 0.3) is 0 Å². The van der Waals surface area contributed by atoms with Gasteiger partial charge in [0.15, 0.2) is 5.78 Å². The lowest BCUT2D eigenvalue weighted by Gasteiger charge is -2.58. The number of hydrogen-bond donors (Lipinski definition) is 0. The third-order valence-corrected chi connectivity index (χ3v) is 10.2.